The van der Waals surface area contributed by atoms with Gasteiger partial charge >= 0.3 is 0 Å². The van der Waals surface area contributed by atoms with Crippen LogP contribution >= 0.6 is 0 Å². The lowest BCUT2D eigenvalue weighted by atomic mass is 9.63. The van der Waals surface area contributed by atoms with Crippen LogP contribution in [0.2, 0.25) is 0 Å². The lowest BCUT2D eigenvalue weighted by Gasteiger charge is -2.41. The highest BCUT2D eigenvalue weighted by Gasteiger charge is 2.55. The van der Waals surface area contributed by atoms with Crippen molar-refractivity contribution in [3.05, 3.63) is 0 Å². The molecule has 0 N–H and O–H groups in total. The summed E-state index contributed by atoms with van der Waals surface area (Å²) in [6.45, 7) is 0. The van der Waals surface area contributed by atoms with E-state index >= 15 is 0 Å². The van der Waals surface area contributed by atoms with Crippen LogP contribution in [0.1, 0.15) is 70.6 Å². The van der Waals surface area contributed by atoms with Crippen molar-refractivity contribution < 1.29 is 0 Å². The van der Waals surface area contributed by atoms with Crippen LogP contribution in [0.15, 0.2) is 0 Å². The lowest BCUT2D eigenvalue weighted by molar-refractivity contribution is 0.0824. The van der Waals surface area contributed by atoms with E-state index in [0.717, 1.165) is 10.8 Å². The van der Waals surface area contributed by atoms with Gasteiger partial charge in [-0.05, 0) is 49.4 Å². The molecule has 0 aromatic rings. The molecule has 0 aliphatic heterocycles. The van der Waals surface area contributed by atoms with Crippen LogP contribution in [0, 0.1) is 10.8 Å². The minimum atomic E-state index is 0.865. The van der Waals surface area contributed by atoms with E-state index in [9.17, 15) is 0 Å². The van der Waals surface area contributed by atoms with E-state index in [1.165, 1.54) is 0 Å². The van der Waals surface area contributed by atoms with Gasteiger partial charge in [0.25, 0.3) is 0 Å². The topological polar surface area (TPSA) is 0 Å². The van der Waals surface area contributed by atoms with Gasteiger partial charge in [-0.3, -0.25) is 0 Å². The zero-order valence-corrected chi connectivity index (χ0v) is 8.78. The van der Waals surface area contributed by atoms with Crippen LogP contribution in [-0.2, 0) is 0 Å². The van der Waals surface area contributed by atoms with E-state index in [4.69, 9.17) is 0 Å². The monoisotopic (exact) mass is 178 g/mol. The highest BCUT2D eigenvalue weighted by atomic mass is 14.6. The predicted molar refractivity (Wildman–Crippen MR) is 55.7 cm³/mol. The van der Waals surface area contributed by atoms with Gasteiger partial charge in [0.15, 0.2) is 0 Å². The van der Waals surface area contributed by atoms with Crippen molar-refractivity contribution in [3.8, 4) is 0 Å². The minimum absolute atomic E-state index is 0.865. The highest BCUT2D eigenvalue weighted by molar-refractivity contribution is 5.06. The first kappa shape index (κ1) is 8.32. The first-order valence-electron chi connectivity index (χ1n) is 6.37. The van der Waals surface area contributed by atoms with Crippen LogP contribution < -0.4 is 0 Å². The molecule has 0 aromatic carbocycles. The number of hydrogen-bond donors (Lipinski definition) is 0. The van der Waals surface area contributed by atoms with Crippen LogP contribution in [0.4, 0.5) is 0 Å². The molecule has 0 radical (unpaired) electrons. The van der Waals surface area contributed by atoms with Crippen LogP contribution in [0.25, 0.3) is 0 Å². The maximum atomic E-state index is 1.59. The summed E-state index contributed by atoms with van der Waals surface area (Å²) in [6.07, 6.45) is 17.3. The molecular formula is C13H22. The Kier molecular flexibility index (Phi) is 1.76. The van der Waals surface area contributed by atoms with Crippen molar-refractivity contribution in [1.29, 1.82) is 0 Å². The molecule has 0 nitrogen and oxygen atoms in total. The molecule has 3 rings (SSSR count). The van der Waals surface area contributed by atoms with Gasteiger partial charge in [-0.15, -0.1) is 0 Å². The molecule has 13 heavy (non-hydrogen) atoms. The Hall–Kier alpha value is 0. The Labute approximate surface area is 82.1 Å². The molecule has 0 saturated heterocycles. The molecule has 0 amide bonds. The van der Waals surface area contributed by atoms with E-state index in [0.29, 0.717) is 0 Å². The molecule has 3 fully saturated rings. The maximum Gasteiger partial charge on any atom is -0.0241 e. The number of rotatable bonds is 0. The van der Waals surface area contributed by atoms with E-state index in [1.807, 2.05) is 0 Å². The van der Waals surface area contributed by atoms with E-state index in [2.05, 4.69) is 0 Å². The average Bonchev–Trinajstić information content (AvgIpc) is 2.79. The summed E-state index contributed by atoms with van der Waals surface area (Å²) in [5.41, 5.74) is 1.73. The van der Waals surface area contributed by atoms with E-state index < -0.39 is 0 Å². The summed E-state index contributed by atoms with van der Waals surface area (Å²) in [5.74, 6) is 0. The summed E-state index contributed by atoms with van der Waals surface area (Å²) in [5, 5.41) is 0. The smallest absolute Gasteiger partial charge is 0.0241 e. The SMILES string of the molecule is C1CCC2(C1)CCCC21CCCC1. The second kappa shape index (κ2) is 2.74. The Morgan fingerprint density at radius 2 is 0.692 bits per heavy atom. The van der Waals surface area contributed by atoms with Crippen molar-refractivity contribution in [2.75, 3.05) is 0 Å². The van der Waals surface area contributed by atoms with Gasteiger partial charge in [0, 0.05) is 0 Å². The van der Waals surface area contributed by atoms with Crippen molar-refractivity contribution in [1.82, 2.24) is 0 Å². The van der Waals surface area contributed by atoms with Crippen molar-refractivity contribution >= 4 is 0 Å². The maximum absolute atomic E-state index is 1.59. The predicted octanol–water partition coefficient (Wildman–Crippen LogP) is 4.29. The van der Waals surface area contributed by atoms with E-state index in [1.54, 1.807) is 70.6 Å². The molecule has 0 aromatic heterocycles. The molecule has 3 aliphatic carbocycles. The summed E-state index contributed by atoms with van der Waals surface area (Å²) in [7, 11) is 0. The molecule has 0 unspecified atom stereocenters. The Bertz CT molecular complexity index is 159. The van der Waals surface area contributed by atoms with Gasteiger partial charge in [0.1, 0.15) is 0 Å². The van der Waals surface area contributed by atoms with Gasteiger partial charge in [-0.1, -0.05) is 32.1 Å². The second-order valence-electron chi connectivity index (χ2n) is 5.83. The first-order chi connectivity index (χ1) is 6.37. The molecule has 0 atom stereocenters. The van der Waals surface area contributed by atoms with Gasteiger partial charge in [-0.2, -0.15) is 0 Å². The minimum Gasteiger partial charge on any atom is -0.0527 e. The quantitative estimate of drug-likeness (QED) is 0.519. The first-order valence-corrected chi connectivity index (χ1v) is 6.37. The van der Waals surface area contributed by atoms with Gasteiger partial charge in [-0.25, -0.2) is 0 Å². The Balaban J connectivity index is 1.92. The summed E-state index contributed by atoms with van der Waals surface area (Å²) < 4.78 is 0. The third-order valence-electron chi connectivity index (χ3n) is 5.56. The third-order valence-corrected chi connectivity index (χ3v) is 5.56. The zero-order valence-electron chi connectivity index (χ0n) is 8.78. The Morgan fingerprint density at radius 1 is 0.385 bits per heavy atom. The largest absolute Gasteiger partial charge is 0.0527 e. The molecule has 0 heteroatoms. The highest BCUT2D eigenvalue weighted by Crippen LogP contribution is 2.67. The molecule has 3 saturated carbocycles. The molecule has 74 valence electrons. The summed E-state index contributed by atoms with van der Waals surface area (Å²) >= 11 is 0. The third kappa shape index (κ3) is 0.980. The fourth-order valence-corrected chi connectivity index (χ4v) is 4.96. The van der Waals surface area contributed by atoms with Gasteiger partial charge in [0.2, 0.25) is 0 Å². The van der Waals surface area contributed by atoms with Crippen molar-refractivity contribution in [3.63, 3.8) is 0 Å². The van der Waals surface area contributed by atoms with Crippen LogP contribution in [0.3, 0.4) is 0 Å². The van der Waals surface area contributed by atoms with Crippen molar-refractivity contribution in [2.24, 2.45) is 10.8 Å². The summed E-state index contributed by atoms with van der Waals surface area (Å²) in [4.78, 5) is 0. The molecule has 3 aliphatic rings. The lowest BCUT2D eigenvalue weighted by Crippen LogP contribution is -2.32. The molecule has 0 bridgehead atoms. The molecular weight excluding hydrogens is 156 g/mol. The number of fused-ring (bicyclic) bond motifs is 1. The fraction of sp³-hybridized carbons (Fsp3) is 1.00. The second-order valence-corrected chi connectivity index (χ2v) is 5.83. The zero-order chi connectivity index (χ0) is 8.78. The Morgan fingerprint density at radius 3 is 1.08 bits per heavy atom. The normalized spacial score (nSPS) is 35.1. The van der Waals surface area contributed by atoms with Crippen LogP contribution in [0.5, 0.6) is 0 Å². The van der Waals surface area contributed by atoms with Crippen molar-refractivity contribution in [2.45, 2.75) is 70.6 Å². The van der Waals surface area contributed by atoms with Crippen LogP contribution in [-0.4, -0.2) is 0 Å². The standard InChI is InChI=1S/C13H22/c1-2-7-12(6-1)10-5-11-13(12)8-3-4-9-13/h1-11H2. The molecule has 0 heterocycles. The van der Waals surface area contributed by atoms with E-state index in [-0.39, 0.29) is 0 Å². The number of hydrogen-bond acceptors (Lipinski definition) is 0. The van der Waals surface area contributed by atoms with Gasteiger partial charge in [0.05, 0.1) is 0 Å². The van der Waals surface area contributed by atoms with Gasteiger partial charge < -0.3 is 0 Å². The molecule has 2 spiro atoms. The average molecular weight is 178 g/mol. The summed E-state index contributed by atoms with van der Waals surface area (Å²) in [6, 6.07) is 0. The fourth-order valence-electron chi connectivity index (χ4n) is 4.96.